The van der Waals surface area contributed by atoms with E-state index in [4.69, 9.17) is 4.74 Å². The minimum atomic E-state index is -0.515. The Kier molecular flexibility index (Phi) is 5.68. The van der Waals surface area contributed by atoms with Crippen LogP contribution in [0.2, 0.25) is 0 Å². The second kappa shape index (κ2) is 7.83. The van der Waals surface area contributed by atoms with Crippen molar-refractivity contribution in [2.45, 2.75) is 40.0 Å². The van der Waals surface area contributed by atoms with Crippen molar-refractivity contribution in [3.05, 3.63) is 38.4 Å². The van der Waals surface area contributed by atoms with Crippen LogP contribution in [0, 0.1) is 22.7 Å². The quantitative estimate of drug-likeness (QED) is 0.756. The molecule has 0 radical (unpaired) electrons. The number of ether oxygens (including phenoxy) is 1. The highest BCUT2D eigenvalue weighted by Crippen LogP contribution is 2.43. The first kappa shape index (κ1) is 19.6. The number of fused-ring (bicyclic) bond motifs is 1. The third-order valence-corrected chi connectivity index (χ3v) is 6.93. The van der Waals surface area contributed by atoms with Gasteiger partial charge in [0.1, 0.15) is 15.9 Å². The third kappa shape index (κ3) is 4.40. The number of nitrogens with one attached hydrogen (secondary N) is 1. The number of thiophene rings is 2. The van der Waals surface area contributed by atoms with E-state index in [-0.39, 0.29) is 12.0 Å². The normalized spacial score (nSPS) is 16.3. The molecule has 142 valence electrons. The zero-order valence-corrected chi connectivity index (χ0v) is 17.3. The SMILES string of the molecule is CC(C)(C)[C@H]1CCc2c(sc(NC(=O)COC(=O)c3cccs3)c2C#N)C1. The van der Waals surface area contributed by atoms with E-state index >= 15 is 0 Å². The van der Waals surface area contributed by atoms with E-state index in [9.17, 15) is 14.9 Å². The average Bonchev–Trinajstić information content (AvgIpc) is 3.25. The first-order valence-corrected chi connectivity index (χ1v) is 10.5. The van der Waals surface area contributed by atoms with Crippen molar-refractivity contribution < 1.29 is 14.3 Å². The predicted octanol–water partition coefficient (Wildman–Crippen LogP) is 4.63. The summed E-state index contributed by atoms with van der Waals surface area (Å²) in [5.41, 5.74) is 1.84. The molecule has 0 saturated heterocycles. The van der Waals surface area contributed by atoms with Crippen molar-refractivity contribution >= 4 is 39.6 Å². The van der Waals surface area contributed by atoms with Crippen molar-refractivity contribution in [3.8, 4) is 6.07 Å². The molecule has 1 atom stereocenters. The number of hydrogen-bond donors (Lipinski definition) is 1. The van der Waals surface area contributed by atoms with Crippen molar-refractivity contribution in [1.29, 1.82) is 5.26 Å². The van der Waals surface area contributed by atoms with Gasteiger partial charge >= 0.3 is 5.97 Å². The average molecular weight is 403 g/mol. The van der Waals surface area contributed by atoms with Gasteiger partial charge in [0.25, 0.3) is 5.91 Å². The van der Waals surface area contributed by atoms with E-state index in [2.05, 4.69) is 32.2 Å². The maximum atomic E-state index is 12.2. The lowest BCUT2D eigenvalue weighted by Gasteiger charge is -2.33. The van der Waals surface area contributed by atoms with Crippen LogP contribution in [0.1, 0.15) is 52.9 Å². The maximum absolute atomic E-state index is 12.2. The summed E-state index contributed by atoms with van der Waals surface area (Å²) >= 11 is 2.74. The maximum Gasteiger partial charge on any atom is 0.348 e. The molecule has 1 amide bonds. The lowest BCUT2D eigenvalue weighted by molar-refractivity contribution is -0.119. The standard InChI is InChI=1S/C20H22N2O3S2/c1-20(2,3)12-6-7-13-14(10-21)18(27-16(13)9-12)22-17(23)11-25-19(24)15-5-4-8-26-15/h4-5,8,12H,6-7,9,11H2,1-3H3,(H,22,23)/t12-/m0/s1. The number of nitrogens with zero attached hydrogens (tertiary/aromatic N) is 1. The summed E-state index contributed by atoms with van der Waals surface area (Å²) in [7, 11) is 0. The Morgan fingerprint density at radius 2 is 2.19 bits per heavy atom. The van der Waals surface area contributed by atoms with Crippen LogP contribution in [0.25, 0.3) is 0 Å². The zero-order chi connectivity index (χ0) is 19.6. The molecule has 2 heterocycles. The Hall–Kier alpha value is -2.17. The van der Waals surface area contributed by atoms with Gasteiger partial charge in [0.15, 0.2) is 6.61 Å². The third-order valence-electron chi connectivity index (χ3n) is 4.91. The van der Waals surface area contributed by atoms with Gasteiger partial charge in [-0.15, -0.1) is 22.7 Å². The Morgan fingerprint density at radius 3 is 2.81 bits per heavy atom. The number of hydrogen-bond acceptors (Lipinski definition) is 6. The number of esters is 1. The molecule has 1 aliphatic rings. The molecular formula is C20H22N2O3S2. The lowest BCUT2D eigenvalue weighted by atomic mass is 9.72. The van der Waals surface area contributed by atoms with E-state index in [0.717, 1.165) is 24.8 Å². The molecule has 2 aromatic heterocycles. The molecule has 0 spiro atoms. The van der Waals surface area contributed by atoms with Crippen LogP contribution in [0.5, 0.6) is 0 Å². The molecule has 7 heteroatoms. The number of rotatable bonds is 4. The summed E-state index contributed by atoms with van der Waals surface area (Å²) < 4.78 is 5.04. The summed E-state index contributed by atoms with van der Waals surface area (Å²) in [4.78, 5) is 25.7. The van der Waals surface area contributed by atoms with Crippen molar-refractivity contribution in [2.24, 2.45) is 11.3 Å². The summed E-state index contributed by atoms with van der Waals surface area (Å²) in [5.74, 6) is -0.382. The van der Waals surface area contributed by atoms with Gasteiger partial charge in [-0.25, -0.2) is 4.79 Å². The van der Waals surface area contributed by atoms with Gasteiger partial charge in [-0.3, -0.25) is 4.79 Å². The molecule has 1 N–H and O–H groups in total. The second-order valence-electron chi connectivity index (χ2n) is 7.73. The molecule has 3 rings (SSSR count). The van der Waals surface area contributed by atoms with Gasteiger partial charge in [0.2, 0.25) is 0 Å². The Balaban J connectivity index is 1.67. The molecule has 0 bridgehead atoms. The Bertz CT molecular complexity index is 886. The fraction of sp³-hybridized carbons (Fsp3) is 0.450. The van der Waals surface area contributed by atoms with E-state index in [0.29, 0.717) is 21.4 Å². The van der Waals surface area contributed by atoms with Gasteiger partial charge < -0.3 is 10.1 Å². The van der Waals surface area contributed by atoms with Gasteiger partial charge in [0.05, 0.1) is 5.56 Å². The van der Waals surface area contributed by atoms with Crippen LogP contribution in [0.3, 0.4) is 0 Å². The fourth-order valence-electron chi connectivity index (χ4n) is 3.29. The molecule has 2 aromatic rings. The molecule has 27 heavy (non-hydrogen) atoms. The monoisotopic (exact) mass is 402 g/mol. The lowest BCUT2D eigenvalue weighted by Crippen LogP contribution is -2.26. The second-order valence-corrected chi connectivity index (χ2v) is 9.78. The molecule has 0 unspecified atom stereocenters. The molecule has 5 nitrogen and oxygen atoms in total. The predicted molar refractivity (Wildman–Crippen MR) is 107 cm³/mol. The van der Waals surface area contributed by atoms with Gasteiger partial charge in [0, 0.05) is 4.88 Å². The molecular weight excluding hydrogens is 380 g/mol. The van der Waals surface area contributed by atoms with E-state index < -0.39 is 11.9 Å². The first-order valence-electron chi connectivity index (χ1n) is 8.84. The molecule has 0 saturated carbocycles. The van der Waals surface area contributed by atoms with Crippen LogP contribution < -0.4 is 5.32 Å². The minimum absolute atomic E-state index is 0.216. The van der Waals surface area contributed by atoms with E-state index in [1.54, 1.807) is 17.5 Å². The summed E-state index contributed by atoms with van der Waals surface area (Å²) in [6.07, 6.45) is 2.84. The van der Waals surface area contributed by atoms with E-state index in [1.165, 1.54) is 27.6 Å². The summed E-state index contributed by atoms with van der Waals surface area (Å²) in [6, 6.07) is 5.64. The Morgan fingerprint density at radius 1 is 1.41 bits per heavy atom. The molecule has 1 aliphatic carbocycles. The zero-order valence-electron chi connectivity index (χ0n) is 15.6. The van der Waals surface area contributed by atoms with Crippen molar-refractivity contribution in [2.75, 3.05) is 11.9 Å². The first-order chi connectivity index (χ1) is 12.8. The van der Waals surface area contributed by atoms with Crippen LogP contribution in [0.4, 0.5) is 5.00 Å². The highest BCUT2D eigenvalue weighted by Gasteiger charge is 2.32. The highest BCUT2D eigenvalue weighted by atomic mass is 32.1. The minimum Gasteiger partial charge on any atom is -0.451 e. The summed E-state index contributed by atoms with van der Waals surface area (Å²) in [6.45, 7) is 6.36. The van der Waals surface area contributed by atoms with Gasteiger partial charge in [-0.05, 0) is 47.6 Å². The largest absolute Gasteiger partial charge is 0.451 e. The van der Waals surface area contributed by atoms with Crippen LogP contribution in [-0.2, 0) is 22.4 Å². The van der Waals surface area contributed by atoms with Gasteiger partial charge in [-0.1, -0.05) is 26.8 Å². The summed E-state index contributed by atoms with van der Waals surface area (Å²) in [5, 5.41) is 14.7. The van der Waals surface area contributed by atoms with Crippen molar-refractivity contribution in [3.63, 3.8) is 0 Å². The topological polar surface area (TPSA) is 79.2 Å². The number of carbonyl (C=O) groups excluding carboxylic acids is 2. The fourth-order valence-corrected chi connectivity index (χ4v) is 5.20. The van der Waals surface area contributed by atoms with Crippen LogP contribution >= 0.6 is 22.7 Å². The molecule has 0 aliphatic heterocycles. The van der Waals surface area contributed by atoms with E-state index in [1.807, 2.05) is 0 Å². The highest BCUT2D eigenvalue weighted by molar-refractivity contribution is 7.16. The Labute approximate surface area is 167 Å². The number of carbonyl (C=O) groups is 2. The molecule has 0 fully saturated rings. The number of nitriles is 1. The number of anilines is 1. The van der Waals surface area contributed by atoms with Crippen LogP contribution in [0.15, 0.2) is 17.5 Å². The number of amides is 1. The smallest absolute Gasteiger partial charge is 0.348 e. The van der Waals surface area contributed by atoms with Gasteiger partial charge in [-0.2, -0.15) is 5.26 Å². The van der Waals surface area contributed by atoms with Crippen LogP contribution in [-0.4, -0.2) is 18.5 Å². The molecule has 0 aromatic carbocycles. The van der Waals surface area contributed by atoms with Crippen molar-refractivity contribution in [1.82, 2.24) is 0 Å².